The van der Waals surface area contributed by atoms with Gasteiger partial charge in [-0.2, -0.15) is 0 Å². The quantitative estimate of drug-likeness (QED) is 0.840. The van der Waals surface area contributed by atoms with Crippen LogP contribution in [0, 0.1) is 0 Å². The fourth-order valence-electron chi connectivity index (χ4n) is 1.15. The number of hydrogen-bond acceptors (Lipinski definition) is 2. The van der Waals surface area contributed by atoms with Gasteiger partial charge >= 0.3 is 5.97 Å². The minimum absolute atomic E-state index is 0.159. The lowest BCUT2D eigenvalue weighted by Crippen LogP contribution is -2.07. The van der Waals surface area contributed by atoms with Crippen molar-refractivity contribution in [3.05, 3.63) is 27.5 Å². The lowest BCUT2D eigenvalue weighted by Gasteiger charge is -2.09. The van der Waals surface area contributed by atoms with Crippen molar-refractivity contribution >= 4 is 37.8 Å². The minimum atomic E-state index is -2.63. The van der Waals surface area contributed by atoms with Crippen LogP contribution in [0.15, 0.2) is 10.5 Å². The van der Waals surface area contributed by atoms with Crippen LogP contribution in [0.2, 0.25) is 0 Å². The van der Waals surface area contributed by atoms with E-state index in [1.165, 1.54) is 6.07 Å². The highest BCUT2D eigenvalue weighted by Gasteiger charge is 2.17. The fraction of sp³-hybridized carbons (Fsp3) is 0.333. The van der Waals surface area contributed by atoms with Crippen molar-refractivity contribution in [2.24, 2.45) is 0 Å². The van der Waals surface area contributed by atoms with Crippen molar-refractivity contribution in [1.82, 2.24) is 4.98 Å². The second-order valence-electron chi connectivity index (χ2n) is 2.96. The van der Waals surface area contributed by atoms with Crippen LogP contribution >= 0.6 is 31.9 Å². The number of carboxylic acid groups (broad SMARTS) is 1. The highest BCUT2D eigenvalue weighted by molar-refractivity contribution is 9.10. The SMILES string of the molecule is O=C(O)Cc1nc(CBr)c(C(F)F)cc1Br. The Balaban J connectivity index is 3.20. The van der Waals surface area contributed by atoms with Gasteiger partial charge in [-0.1, -0.05) is 15.9 Å². The molecule has 0 aliphatic rings. The van der Waals surface area contributed by atoms with Crippen LogP contribution in [0.1, 0.15) is 23.4 Å². The van der Waals surface area contributed by atoms with Crippen LogP contribution in [-0.4, -0.2) is 16.1 Å². The Kier molecular flexibility index (Phi) is 4.79. The second-order valence-corrected chi connectivity index (χ2v) is 4.37. The smallest absolute Gasteiger partial charge is 0.309 e. The summed E-state index contributed by atoms with van der Waals surface area (Å²) in [5.41, 5.74) is 0.207. The molecule has 3 nitrogen and oxygen atoms in total. The van der Waals surface area contributed by atoms with Crippen LogP contribution in [-0.2, 0) is 16.5 Å². The molecule has 0 unspecified atom stereocenters. The highest BCUT2D eigenvalue weighted by atomic mass is 79.9. The second kappa shape index (κ2) is 5.67. The van der Waals surface area contributed by atoms with Gasteiger partial charge in [-0.15, -0.1) is 0 Å². The van der Waals surface area contributed by atoms with E-state index >= 15 is 0 Å². The van der Waals surface area contributed by atoms with Gasteiger partial charge in [0.05, 0.1) is 17.8 Å². The molecule has 0 fully saturated rings. The van der Waals surface area contributed by atoms with Gasteiger partial charge in [-0.05, 0) is 22.0 Å². The van der Waals surface area contributed by atoms with E-state index in [-0.39, 0.29) is 33.2 Å². The third-order valence-electron chi connectivity index (χ3n) is 1.84. The summed E-state index contributed by atoms with van der Waals surface area (Å²) < 4.78 is 25.5. The van der Waals surface area contributed by atoms with Crippen molar-refractivity contribution in [3.8, 4) is 0 Å². The first-order chi connectivity index (χ1) is 7.45. The Morgan fingerprint density at radius 1 is 1.50 bits per heavy atom. The van der Waals surface area contributed by atoms with Crippen LogP contribution in [0.3, 0.4) is 0 Å². The summed E-state index contributed by atoms with van der Waals surface area (Å²) in [6.07, 6.45) is -2.93. The van der Waals surface area contributed by atoms with E-state index in [2.05, 4.69) is 36.8 Å². The first-order valence-electron chi connectivity index (χ1n) is 4.19. The minimum Gasteiger partial charge on any atom is -0.481 e. The number of carbonyl (C=O) groups is 1. The number of halogens is 4. The zero-order valence-corrected chi connectivity index (χ0v) is 11.1. The molecular weight excluding hydrogens is 352 g/mol. The van der Waals surface area contributed by atoms with Crippen LogP contribution in [0.25, 0.3) is 0 Å². The maximum absolute atomic E-state index is 12.6. The van der Waals surface area contributed by atoms with E-state index in [1.807, 2.05) is 0 Å². The van der Waals surface area contributed by atoms with E-state index in [9.17, 15) is 13.6 Å². The highest BCUT2D eigenvalue weighted by Crippen LogP contribution is 2.28. The summed E-state index contributed by atoms with van der Waals surface area (Å²) >= 11 is 6.08. The van der Waals surface area contributed by atoms with Crippen molar-refractivity contribution in [2.45, 2.75) is 18.2 Å². The molecule has 0 aliphatic carbocycles. The molecule has 1 rings (SSSR count). The topological polar surface area (TPSA) is 50.2 Å². The molecule has 0 bridgehead atoms. The number of nitrogens with zero attached hydrogens (tertiary/aromatic N) is 1. The molecule has 0 aromatic carbocycles. The summed E-state index contributed by atoms with van der Waals surface area (Å²) in [7, 11) is 0. The van der Waals surface area contributed by atoms with E-state index in [0.717, 1.165) is 0 Å². The third-order valence-corrected chi connectivity index (χ3v) is 3.06. The van der Waals surface area contributed by atoms with Gasteiger partial charge in [0, 0.05) is 15.4 Å². The van der Waals surface area contributed by atoms with E-state index < -0.39 is 12.4 Å². The van der Waals surface area contributed by atoms with Crippen molar-refractivity contribution in [1.29, 1.82) is 0 Å². The molecule has 1 N–H and O–H groups in total. The number of rotatable bonds is 4. The summed E-state index contributed by atoms with van der Waals surface area (Å²) in [6.45, 7) is 0. The van der Waals surface area contributed by atoms with Crippen LogP contribution in [0.4, 0.5) is 8.78 Å². The average Bonchev–Trinajstić information content (AvgIpc) is 2.19. The van der Waals surface area contributed by atoms with E-state index in [1.54, 1.807) is 0 Å². The van der Waals surface area contributed by atoms with Gasteiger partial charge < -0.3 is 5.11 Å². The first kappa shape index (κ1) is 13.5. The normalized spacial score (nSPS) is 10.8. The molecule has 0 atom stereocenters. The predicted octanol–water partition coefficient (Wildman–Crippen LogP) is 3.30. The Labute approximate surface area is 107 Å². The zero-order valence-electron chi connectivity index (χ0n) is 7.88. The molecular formula is C9H7Br2F2NO2. The molecule has 0 amide bonds. The standard InChI is InChI=1S/C9H7Br2F2NO2/c10-3-7-4(9(12)13)1-5(11)6(14-7)2-8(15)16/h1,9H,2-3H2,(H,15,16). The number of hydrogen-bond donors (Lipinski definition) is 1. The molecule has 0 radical (unpaired) electrons. The average molecular weight is 359 g/mol. The number of alkyl halides is 3. The molecule has 7 heteroatoms. The van der Waals surface area contributed by atoms with Gasteiger partial charge in [-0.3, -0.25) is 9.78 Å². The summed E-state index contributed by atoms with van der Waals surface area (Å²) in [4.78, 5) is 14.4. The number of aromatic nitrogens is 1. The summed E-state index contributed by atoms with van der Waals surface area (Å²) in [5, 5.41) is 8.77. The summed E-state index contributed by atoms with van der Waals surface area (Å²) in [6, 6.07) is 1.21. The van der Waals surface area contributed by atoms with Crippen LogP contribution < -0.4 is 0 Å². The van der Waals surface area contributed by atoms with Crippen molar-refractivity contribution in [3.63, 3.8) is 0 Å². The Hall–Kier alpha value is -0.560. The first-order valence-corrected chi connectivity index (χ1v) is 6.11. The van der Waals surface area contributed by atoms with Crippen LogP contribution in [0.5, 0.6) is 0 Å². The van der Waals surface area contributed by atoms with E-state index in [0.29, 0.717) is 0 Å². The monoisotopic (exact) mass is 357 g/mol. The molecule has 88 valence electrons. The van der Waals surface area contributed by atoms with Gasteiger partial charge in [0.2, 0.25) is 0 Å². The fourth-order valence-corrected chi connectivity index (χ4v) is 2.07. The zero-order chi connectivity index (χ0) is 12.3. The Bertz CT molecular complexity index is 413. The van der Waals surface area contributed by atoms with Gasteiger partial charge in [0.1, 0.15) is 0 Å². The lowest BCUT2D eigenvalue weighted by atomic mass is 10.1. The lowest BCUT2D eigenvalue weighted by molar-refractivity contribution is -0.136. The summed E-state index contributed by atoms with van der Waals surface area (Å²) in [5.74, 6) is -1.06. The number of aliphatic carboxylic acids is 1. The van der Waals surface area contributed by atoms with Crippen molar-refractivity contribution < 1.29 is 18.7 Å². The number of pyridine rings is 1. The Morgan fingerprint density at radius 3 is 2.56 bits per heavy atom. The maximum atomic E-state index is 12.6. The third kappa shape index (κ3) is 3.21. The largest absolute Gasteiger partial charge is 0.481 e. The van der Waals surface area contributed by atoms with Gasteiger partial charge in [-0.25, -0.2) is 8.78 Å². The van der Waals surface area contributed by atoms with E-state index in [4.69, 9.17) is 5.11 Å². The molecule has 0 saturated carbocycles. The molecule has 0 saturated heterocycles. The predicted molar refractivity (Wildman–Crippen MR) is 60.9 cm³/mol. The molecule has 1 aromatic rings. The van der Waals surface area contributed by atoms with Gasteiger partial charge in [0.15, 0.2) is 0 Å². The molecule has 0 spiro atoms. The maximum Gasteiger partial charge on any atom is 0.309 e. The van der Waals surface area contributed by atoms with Crippen molar-refractivity contribution in [2.75, 3.05) is 0 Å². The van der Waals surface area contributed by atoms with Gasteiger partial charge in [0.25, 0.3) is 6.43 Å². The molecule has 16 heavy (non-hydrogen) atoms. The Morgan fingerprint density at radius 2 is 2.12 bits per heavy atom. The molecule has 1 aromatic heterocycles. The molecule has 0 aliphatic heterocycles. The number of carboxylic acids is 1. The molecule has 1 heterocycles.